The molecule has 0 aliphatic carbocycles. The molecule has 0 fully saturated rings. The van der Waals surface area contributed by atoms with Gasteiger partial charge in [0.15, 0.2) is 0 Å². The zero-order chi connectivity index (χ0) is 14.8. The maximum Gasteiger partial charge on any atom is 0.146 e. The third-order valence-electron chi connectivity index (χ3n) is 3.69. The number of pyridine rings is 1. The third-order valence-corrected chi connectivity index (χ3v) is 3.69. The van der Waals surface area contributed by atoms with Crippen molar-refractivity contribution in [2.75, 3.05) is 11.4 Å². The van der Waals surface area contributed by atoms with Gasteiger partial charge in [-0.15, -0.1) is 0 Å². The summed E-state index contributed by atoms with van der Waals surface area (Å²) < 4.78 is 0. The molecule has 0 saturated heterocycles. The number of hydrogen-bond donors (Lipinski definition) is 0. The van der Waals surface area contributed by atoms with Gasteiger partial charge >= 0.3 is 0 Å². The van der Waals surface area contributed by atoms with Crippen molar-refractivity contribution in [3.63, 3.8) is 0 Å². The lowest BCUT2D eigenvalue weighted by Gasteiger charge is -2.29. The zero-order valence-corrected chi connectivity index (χ0v) is 12.2. The van der Waals surface area contributed by atoms with Gasteiger partial charge in [-0.3, -0.25) is 0 Å². The maximum absolute atomic E-state index is 9.22. The maximum atomic E-state index is 9.22. The molecule has 0 unspecified atom stereocenters. The summed E-state index contributed by atoms with van der Waals surface area (Å²) in [5, 5.41) is 9.22. The van der Waals surface area contributed by atoms with Crippen LogP contribution in [0.4, 0.5) is 5.82 Å². The van der Waals surface area contributed by atoms with Crippen molar-refractivity contribution in [1.29, 1.82) is 5.26 Å². The minimum Gasteiger partial charge on any atom is -0.349 e. The highest BCUT2D eigenvalue weighted by Crippen LogP contribution is 2.24. The van der Waals surface area contributed by atoms with Crippen molar-refractivity contribution in [1.82, 2.24) is 15.0 Å². The van der Waals surface area contributed by atoms with Gasteiger partial charge < -0.3 is 4.90 Å². The average molecular weight is 279 g/mol. The number of fused-ring (bicyclic) bond motifs is 1. The van der Waals surface area contributed by atoms with E-state index in [-0.39, 0.29) is 0 Å². The molecule has 0 amide bonds. The number of nitriles is 1. The Balaban J connectivity index is 1.93. The van der Waals surface area contributed by atoms with Gasteiger partial charge in [0.1, 0.15) is 17.7 Å². The van der Waals surface area contributed by atoms with E-state index in [2.05, 4.69) is 39.8 Å². The van der Waals surface area contributed by atoms with Crippen LogP contribution in [-0.4, -0.2) is 21.5 Å². The quantitative estimate of drug-likeness (QED) is 0.844. The first kappa shape index (κ1) is 13.5. The van der Waals surface area contributed by atoms with Crippen LogP contribution in [0.1, 0.15) is 42.4 Å². The van der Waals surface area contributed by atoms with Crippen LogP contribution in [0.25, 0.3) is 0 Å². The van der Waals surface area contributed by atoms with E-state index in [0.29, 0.717) is 18.0 Å². The molecule has 2 aromatic heterocycles. The van der Waals surface area contributed by atoms with Crippen molar-refractivity contribution in [3.05, 3.63) is 47.2 Å². The van der Waals surface area contributed by atoms with Crippen molar-refractivity contribution in [3.8, 4) is 6.07 Å². The van der Waals surface area contributed by atoms with Crippen LogP contribution in [0, 0.1) is 11.3 Å². The fraction of sp³-hybridized carbons (Fsp3) is 0.375. The third kappa shape index (κ3) is 2.57. The molecule has 0 aromatic carbocycles. The van der Waals surface area contributed by atoms with Gasteiger partial charge in [0.25, 0.3) is 0 Å². The standard InChI is InChI=1S/C16H17N5/c1-11(2)15-19-9-13-5-7-21(10-14(13)20-15)16-12(8-17)4-3-6-18-16/h3-4,6,9,11H,5,7,10H2,1-2H3. The summed E-state index contributed by atoms with van der Waals surface area (Å²) in [6.45, 7) is 5.70. The topological polar surface area (TPSA) is 65.7 Å². The molecular formula is C16H17N5. The van der Waals surface area contributed by atoms with Crippen LogP contribution in [0.3, 0.4) is 0 Å². The first-order valence-electron chi connectivity index (χ1n) is 7.13. The molecule has 0 N–H and O–H groups in total. The minimum atomic E-state index is 0.315. The van der Waals surface area contributed by atoms with Gasteiger partial charge in [-0.05, 0) is 24.1 Å². The van der Waals surface area contributed by atoms with Crippen molar-refractivity contribution in [2.45, 2.75) is 32.7 Å². The van der Waals surface area contributed by atoms with E-state index >= 15 is 0 Å². The fourth-order valence-electron chi connectivity index (χ4n) is 2.51. The Hall–Kier alpha value is -2.48. The molecule has 0 bridgehead atoms. The SMILES string of the molecule is CC(C)c1ncc2c(n1)CN(c1ncccc1C#N)CC2. The Bertz CT molecular complexity index is 702. The zero-order valence-electron chi connectivity index (χ0n) is 12.2. The van der Waals surface area contributed by atoms with Gasteiger partial charge in [-0.1, -0.05) is 13.8 Å². The molecule has 0 saturated carbocycles. The van der Waals surface area contributed by atoms with Crippen LogP contribution in [-0.2, 0) is 13.0 Å². The molecule has 3 rings (SSSR count). The highest BCUT2D eigenvalue weighted by molar-refractivity contribution is 5.54. The van der Waals surface area contributed by atoms with E-state index in [0.717, 1.165) is 30.3 Å². The summed E-state index contributed by atoms with van der Waals surface area (Å²) in [6.07, 6.45) is 4.55. The van der Waals surface area contributed by atoms with Gasteiger partial charge in [-0.2, -0.15) is 5.26 Å². The van der Waals surface area contributed by atoms with Crippen LogP contribution >= 0.6 is 0 Å². The molecule has 106 valence electrons. The molecule has 3 heterocycles. The smallest absolute Gasteiger partial charge is 0.146 e. The van der Waals surface area contributed by atoms with E-state index in [1.165, 1.54) is 5.56 Å². The molecule has 1 aliphatic rings. The lowest BCUT2D eigenvalue weighted by atomic mass is 10.1. The summed E-state index contributed by atoms with van der Waals surface area (Å²) in [7, 11) is 0. The van der Waals surface area contributed by atoms with Crippen LogP contribution in [0.5, 0.6) is 0 Å². The van der Waals surface area contributed by atoms with Crippen molar-refractivity contribution >= 4 is 5.82 Å². The second kappa shape index (κ2) is 5.49. The lowest BCUT2D eigenvalue weighted by Crippen LogP contribution is -2.32. The number of rotatable bonds is 2. The number of hydrogen-bond acceptors (Lipinski definition) is 5. The fourth-order valence-corrected chi connectivity index (χ4v) is 2.51. The Morgan fingerprint density at radius 3 is 2.95 bits per heavy atom. The molecule has 0 spiro atoms. The predicted octanol–water partition coefficient (Wildman–Crippen LogP) is 2.43. The number of nitrogens with zero attached hydrogens (tertiary/aromatic N) is 5. The normalized spacial score (nSPS) is 13.9. The van der Waals surface area contributed by atoms with Gasteiger partial charge in [0.2, 0.25) is 0 Å². The Morgan fingerprint density at radius 2 is 2.19 bits per heavy atom. The van der Waals surface area contributed by atoms with Crippen molar-refractivity contribution < 1.29 is 0 Å². The predicted molar refractivity (Wildman–Crippen MR) is 79.8 cm³/mol. The van der Waals surface area contributed by atoms with Gasteiger partial charge in [-0.25, -0.2) is 15.0 Å². The van der Waals surface area contributed by atoms with Gasteiger partial charge in [0, 0.05) is 24.9 Å². The molecule has 2 aromatic rings. The summed E-state index contributed by atoms with van der Waals surface area (Å²) >= 11 is 0. The summed E-state index contributed by atoms with van der Waals surface area (Å²) in [5.41, 5.74) is 2.86. The molecule has 5 heteroatoms. The summed E-state index contributed by atoms with van der Waals surface area (Å²) in [5.74, 6) is 1.93. The van der Waals surface area contributed by atoms with E-state index in [1.807, 2.05) is 6.20 Å². The lowest BCUT2D eigenvalue weighted by molar-refractivity contribution is 0.668. The van der Waals surface area contributed by atoms with Crippen LogP contribution < -0.4 is 4.90 Å². The Labute approximate surface area is 124 Å². The second-order valence-corrected chi connectivity index (χ2v) is 5.51. The second-order valence-electron chi connectivity index (χ2n) is 5.51. The first-order valence-corrected chi connectivity index (χ1v) is 7.13. The number of aromatic nitrogens is 3. The highest BCUT2D eigenvalue weighted by atomic mass is 15.2. The average Bonchev–Trinajstić information content (AvgIpc) is 2.53. The van der Waals surface area contributed by atoms with Crippen LogP contribution in [0.2, 0.25) is 0 Å². The van der Waals surface area contributed by atoms with E-state index in [4.69, 9.17) is 0 Å². The van der Waals surface area contributed by atoms with E-state index in [9.17, 15) is 5.26 Å². The Kier molecular flexibility index (Phi) is 3.53. The van der Waals surface area contributed by atoms with Gasteiger partial charge in [0.05, 0.1) is 17.8 Å². The number of anilines is 1. The van der Waals surface area contributed by atoms with Crippen molar-refractivity contribution in [2.24, 2.45) is 0 Å². The first-order chi connectivity index (χ1) is 10.2. The van der Waals surface area contributed by atoms with E-state index < -0.39 is 0 Å². The Morgan fingerprint density at radius 1 is 1.33 bits per heavy atom. The van der Waals surface area contributed by atoms with E-state index in [1.54, 1.807) is 18.3 Å². The molecule has 5 nitrogen and oxygen atoms in total. The summed E-state index contributed by atoms with van der Waals surface area (Å²) in [6, 6.07) is 5.80. The molecular weight excluding hydrogens is 262 g/mol. The largest absolute Gasteiger partial charge is 0.349 e. The molecule has 1 aliphatic heterocycles. The monoisotopic (exact) mass is 279 g/mol. The minimum absolute atomic E-state index is 0.315. The molecule has 21 heavy (non-hydrogen) atoms. The highest BCUT2D eigenvalue weighted by Gasteiger charge is 2.21. The molecule has 0 radical (unpaired) electrons. The molecule has 0 atom stereocenters. The summed E-state index contributed by atoms with van der Waals surface area (Å²) in [4.78, 5) is 15.6. The van der Waals surface area contributed by atoms with Crippen LogP contribution in [0.15, 0.2) is 24.5 Å².